The summed E-state index contributed by atoms with van der Waals surface area (Å²) in [5.74, 6) is 0.579. The van der Waals surface area contributed by atoms with Crippen LogP contribution in [0.1, 0.15) is 29.2 Å². The van der Waals surface area contributed by atoms with Crippen molar-refractivity contribution in [3.8, 4) is 0 Å². The topological polar surface area (TPSA) is 65.5 Å². The first-order valence-corrected chi connectivity index (χ1v) is 9.79. The molecule has 0 fully saturated rings. The van der Waals surface area contributed by atoms with Gasteiger partial charge < -0.3 is 16.0 Å². The van der Waals surface area contributed by atoms with E-state index in [0.29, 0.717) is 12.5 Å². The summed E-state index contributed by atoms with van der Waals surface area (Å²) in [6.07, 6.45) is 0.934. The molecule has 0 saturated carbocycles. The number of thiophene rings is 1. The molecule has 1 heterocycles. The molecule has 0 aliphatic carbocycles. The predicted molar refractivity (Wildman–Crippen MR) is 125 cm³/mol. The van der Waals surface area contributed by atoms with Gasteiger partial charge >= 0.3 is 0 Å². The molecular weight excluding hydrogens is 471 g/mol. The molecule has 1 unspecified atom stereocenters. The number of aliphatic imine (C=N–C) groups is 1. The molecule has 2 aromatic rings. The van der Waals surface area contributed by atoms with E-state index in [1.165, 1.54) is 9.75 Å². The zero-order valence-corrected chi connectivity index (χ0v) is 19.3. The lowest BCUT2D eigenvalue weighted by Crippen LogP contribution is -2.43. The van der Waals surface area contributed by atoms with Crippen molar-refractivity contribution in [1.82, 2.24) is 16.0 Å². The molecule has 1 atom stereocenters. The highest BCUT2D eigenvalue weighted by atomic mass is 127. The summed E-state index contributed by atoms with van der Waals surface area (Å²) < 4.78 is 0. The van der Waals surface area contributed by atoms with E-state index in [-0.39, 0.29) is 42.5 Å². The van der Waals surface area contributed by atoms with Crippen molar-refractivity contribution in [2.24, 2.45) is 4.99 Å². The molecule has 0 saturated heterocycles. The molecule has 1 amide bonds. The highest BCUT2D eigenvalue weighted by Crippen LogP contribution is 2.16. The third-order valence-corrected chi connectivity index (χ3v) is 4.77. The largest absolute Gasteiger partial charge is 0.357 e. The molecule has 0 aliphatic heterocycles. The minimum atomic E-state index is -0.0902. The minimum absolute atomic E-state index is 0. The second kappa shape index (κ2) is 12.7. The van der Waals surface area contributed by atoms with Crippen LogP contribution in [-0.2, 0) is 17.8 Å². The molecule has 1 aromatic carbocycles. The van der Waals surface area contributed by atoms with Crippen LogP contribution in [0, 0.1) is 6.92 Å². The van der Waals surface area contributed by atoms with Crippen molar-refractivity contribution < 1.29 is 4.79 Å². The molecular formula is C20H29IN4OS. The van der Waals surface area contributed by atoms with E-state index in [1.54, 1.807) is 0 Å². The van der Waals surface area contributed by atoms with Gasteiger partial charge in [-0.05, 0) is 38.5 Å². The maximum Gasteiger partial charge on any atom is 0.242 e. The average molecular weight is 500 g/mol. The molecule has 27 heavy (non-hydrogen) atoms. The van der Waals surface area contributed by atoms with Gasteiger partial charge in [-0.3, -0.25) is 4.79 Å². The number of carbonyl (C=O) groups excluding carboxylic acids is 1. The van der Waals surface area contributed by atoms with Gasteiger partial charge in [0, 0.05) is 35.3 Å². The van der Waals surface area contributed by atoms with Gasteiger partial charge in [0.2, 0.25) is 5.91 Å². The number of benzene rings is 1. The Morgan fingerprint density at radius 3 is 2.52 bits per heavy atom. The van der Waals surface area contributed by atoms with Gasteiger partial charge in [-0.2, -0.15) is 0 Å². The Hall–Kier alpha value is -1.61. The number of hydrogen-bond donors (Lipinski definition) is 3. The molecule has 0 bridgehead atoms. The van der Waals surface area contributed by atoms with E-state index in [9.17, 15) is 4.79 Å². The second-order valence-corrected chi connectivity index (χ2v) is 7.59. The quantitative estimate of drug-likeness (QED) is 0.296. The number of nitrogens with zero attached hydrogens (tertiary/aromatic N) is 1. The van der Waals surface area contributed by atoms with Gasteiger partial charge in [-0.25, -0.2) is 4.99 Å². The number of nitrogens with one attached hydrogen (secondary N) is 3. The molecule has 148 valence electrons. The van der Waals surface area contributed by atoms with E-state index in [2.05, 4.69) is 46.9 Å². The number of rotatable bonds is 8. The van der Waals surface area contributed by atoms with Crippen molar-refractivity contribution in [2.45, 2.75) is 39.8 Å². The second-order valence-electron chi connectivity index (χ2n) is 6.22. The fraction of sp³-hybridized carbons (Fsp3) is 0.400. The van der Waals surface area contributed by atoms with Crippen LogP contribution in [0.15, 0.2) is 47.5 Å². The Balaban J connectivity index is 0.00000364. The first kappa shape index (κ1) is 23.4. The normalized spacial score (nSPS) is 12.0. The Kier molecular flexibility index (Phi) is 11.0. The summed E-state index contributed by atoms with van der Waals surface area (Å²) >= 11 is 1.81. The van der Waals surface area contributed by atoms with Crippen LogP contribution >= 0.6 is 35.3 Å². The number of carbonyl (C=O) groups is 1. The van der Waals surface area contributed by atoms with E-state index in [0.717, 1.165) is 18.5 Å². The van der Waals surface area contributed by atoms with E-state index < -0.39 is 0 Å². The fourth-order valence-electron chi connectivity index (χ4n) is 2.50. The van der Waals surface area contributed by atoms with Gasteiger partial charge in [0.25, 0.3) is 0 Å². The summed E-state index contributed by atoms with van der Waals surface area (Å²) in [7, 11) is 0. The molecule has 3 N–H and O–H groups in total. The van der Waals surface area contributed by atoms with Crippen LogP contribution < -0.4 is 16.0 Å². The van der Waals surface area contributed by atoms with Crippen molar-refractivity contribution >= 4 is 47.2 Å². The molecule has 2 rings (SSSR count). The van der Waals surface area contributed by atoms with E-state index >= 15 is 0 Å². The van der Waals surface area contributed by atoms with Crippen molar-refractivity contribution in [3.63, 3.8) is 0 Å². The molecule has 1 aromatic heterocycles. The van der Waals surface area contributed by atoms with Crippen LogP contribution in [0.4, 0.5) is 0 Å². The summed E-state index contributed by atoms with van der Waals surface area (Å²) in [5, 5.41) is 9.46. The smallest absolute Gasteiger partial charge is 0.242 e. The number of hydrogen-bond acceptors (Lipinski definition) is 3. The Morgan fingerprint density at radius 1 is 1.15 bits per heavy atom. The third kappa shape index (κ3) is 9.23. The molecule has 5 nitrogen and oxygen atoms in total. The zero-order chi connectivity index (χ0) is 18.8. The van der Waals surface area contributed by atoms with Crippen molar-refractivity contribution in [3.05, 3.63) is 57.8 Å². The van der Waals surface area contributed by atoms with Crippen molar-refractivity contribution in [2.75, 3.05) is 13.1 Å². The van der Waals surface area contributed by atoms with Gasteiger partial charge in [0.1, 0.15) is 6.54 Å². The Bertz CT molecular complexity index is 718. The maximum atomic E-state index is 12.0. The number of amides is 1. The SMILES string of the molecule is CCNC(=NCC(=O)NCc1ccccc1)NC(C)Cc1ccc(C)s1.I. The monoisotopic (exact) mass is 500 g/mol. The lowest BCUT2D eigenvalue weighted by Gasteiger charge is -2.17. The van der Waals surface area contributed by atoms with E-state index in [1.807, 2.05) is 48.6 Å². The number of aryl methyl sites for hydroxylation is 1. The van der Waals surface area contributed by atoms with Crippen LogP contribution in [0.3, 0.4) is 0 Å². The fourth-order valence-corrected chi connectivity index (χ4v) is 3.52. The summed E-state index contributed by atoms with van der Waals surface area (Å²) in [4.78, 5) is 19.1. The van der Waals surface area contributed by atoms with Crippen LogP contribution in [0.25, 0.3) is 0 Å². The number of halogens is 1. The third-order valence-electron chi connectivity index (χ3n) is 3.74. The predicted octanol–water partition coefficient (Wildman–Crippen LogP) is 3.48. The zero-order valence-electron chi connectivity index (χ0n) is 16.1. The molecule has 7 heteroatoms. The first-order chi connectivity index (χ1) is 12.6. The lowest BCUT2D eigenvalue weighted by atomic mass is 10.2. The molecule has 0 spiro atoms. The minimum Gasteiger partial charge on any atom is -0.357 e. The summed E-state index contributed by atoms with van der Waals surface area (Å²) in [6.45, 7) is 7.63. The van der Waals surface area contributed by atoms with E-state index in [4.69, 9.17) is 0 Å². The number of guanidine groups is 1. The first-order valence-electron chi connectivity index (χ1n) is 8.97. The van der Waals surface area contributed by atoms with Gasteiger partial charge in [-0.15, -0.1) is 35.3 Å². The van der Waals surface area contributed by atoms with Gasteiger partial charge in [-0.1, -0.05) is 30.3 Å². The highest BCUT2D eigenvalue weighted by Gasteiger charge is 2.08. The standard InChI is InChI=1S/C20H28N4OS.HI/c1-4-21-20(24-15(2)12-18-11-10-16(3)26-18)23-14-19(25)22-13-17-8-6-5-7-9-17;/h5-11,15H,4,12-14H2,1-3H3,(H,22,25)(H2,21,23,24);1H. The van der Waals surface area contributed by atoms with Gasteiger partial charge in [0.15, 0.2) is 5.96 Å². The average Bonchev–Trinajstić information content (AvgIpc) is 3.03. The van der Waals surface area contributed by atoms with Crippen LogP contribution in [0.2, 0.25) is 0 Å². The molecule has 0 aliphatic rings. The van der Waals surface area contributed by atoms with Gasteiger partial charge in [0.05, 0.1) is 0 Å². The van der Waals surface area contributed by atoms with Crippen molar-refractivity contribution in [1.29, 1.82) is 0 Å². The summed E-state index contributed by atoms with van der Waals surface area (Å²) in [6, 6.07) is 14.4. The highest BCUT2D eigenvalue weighted by molar-refractivity contribution is 14.0. The lowest BCUT2D eigenvalue weighted by molar-refractivity contribution is -0.119. The summed E-state index contributed by atoms with van der Waals surface area (Å²) in [5.41, 5.74) is 1.08. The van der Waals surface area contributed by atoms with Crippen LogP contribution in [-0.4, -0.2) is 31.0 Å². The Labute approximate surface area is 183 Å². The Morgan fingerprint density at radius 2 is 1.89 bits per heavy atom. The maximum absolute atomic E-state index is 12.0. The van der Waals surface area contributed by atoms with Crippen LogP contribution in [0.5, 0.6) is 0 Å². The molecule has 0 radical (unpaired) electrons.